The van der Waals surface area contributed by atoms with Gasteiger partial charge in [0.2, 0.25) is 0 Å². The monoisotopic (exact) mass is 138 g/mol. The van der Waals surface area contributed by atoms with E-state index in [1.807, 2.05) is 0 Å². The molecular weight excluding hydrogens is 124 g/mol. The molecule has 0 saturated heterocycles. The fourth-order valence-corrected chi connectivity index (χ4v) is 2.39. The molecule has 56 valence electrons. The standard InChI is InChI=1S/C9H14O/c1-7-4-5-8-3-2-6-9(7,8)10/h4,8,10H,2-3,5-6H2,1H3/t8-,9-/m0/s1. The zero-order valence-electron chi connectivity index (χ0n) is 6.43. The highest BCUT2D eigenvalue weighted by Crippen LogP contribution is 2.47. The van der Waals surface area contributed by atoms with Crippen molar-refractivity contribution in [2.75, 3.05) is 0 Å². The molecule has 0 aromatic carbocycles. The normalized spacial score (nSPS) is 45.4. The Balaban J connectivity index is 2.31. The summed E-state index contributed by atoms with van der Waals surface area (Å²) in [6.07, 6.45) is 6.75. The van der Waals surface area contributed by atoms with Crippen molar-refractivity contribution in [3.05, 3.63) is 11.6 Å². The molecule has 2 rings (SSSR count). The van der Waals surface area contributed by atoms with Gasteiger partial charge in [-0.3, -0.25) is 0 Å². The molecule has 0 unspecified atom stereocenters. The van der Waals surface area contributed by atoms with E-state index in [0.717, 1.165) is 12.8 Å². The molecule has 0 heterocycles. The fraction of sp³-hybridized carbons (Fsp3) is 0.778. The molecule has 2 aliphatic carbocycles. The van der Waals surface area contributed by atoms with E-state index in [-0.39, 0.29) is 5.60 Å². The van der Waals surface area contributed by atoms with Gasteiger partial charge < -0.3 is 5.11 Å². The van der Waals surface area contributed by atoms with Gasteiger partial charge in [0.15, 0.2) is 0 Å². The van der Waals surface area contributed by atoms with Crippen molar-refractivity contribution in [2.24, 2.45) is 5.92 Å². The first kappa shape index (κ1) is 6.41. The molecule has 0 aromatic rings. The second kappa shape index (κ2) is 1.85. The smallest absolute Gasteiger partial charge is 0.0885 e. The molecular formula is C9H14O. The highest BCUT2D eigenvalue weighted by atomic mass is 16.3. The number of fused-ring (bicyclic) bond motifs is 1. The lowest BCUT2D eigenvalue weighted by Gasteiger charge is -2.24. The Labute approximate surface area is 61.8 Å². The quantitative estimate of drug-likeness (QED) is 0.507. The third kappa shape index (κ3) is 0.615. The number of aliphatic hydroxyl groups is 1. The maximum Gasteiger partial charge on any atom is 0.0885 e. The highest BCUT2D eigenvalue weighted by molar-refractivity contribution is 5.24. The van der Waals surface area contributed by atoms with E-state index in [0.29, 0.717) is 5.92 Å². The van der Waals surface area contributed by atoms with Gasteiger partial charge in [-0.05, 0) is 44.1 Å². The van der Waals surface area contributed by atoms with Crippen LogP contribution in [0.4, 0.5) is 0 Å². The van der Waals surface area contributed by atoms with Gasteiger partial charge in [0.1, 0.15) is 0 Å². The van der Waals surface area contributed by atoms with Crippen LogP contribution in [-0.2, 0) is 0 Å². The predicted octanol–water partition coefficient (Wildman–Crippen LogP) is 1.87. The van der Waals surface area contributed by atoms with Crippen molar-refractivity contribution in [1.29, 1.82) is 0 Å². The summed E-state index contributed by atoms with van der Waals surface area (Å²) in [4.78, 5) is 0. The molecule has 1 N–H and O–H groups in total. The summed E-state index contributed by atoms with van der Waals surface area (Å²) in [7, 11) is 0. The third-order valence-electron chi connectivity index (χ3n) is 3.18. The van der Waals surface area contributed by atoms with E-state index in [4.69, 9.17) is 0 Å². The Morgan fingerprint density at radius 1 is 1.70 bits per heavy atom. The van der Waals surface area contributed by atoms with Crippen molar-refractivity contribution in [3.8, 4) is 0 Å². The first-order valence-electron chi connectivity index (χ1n) is 4.13. The maximum atomic E-state index is 10.0. The Morgan fingerprint density at radius 2 is 2.50 bits per heavy atom. The van der Waals surface area contributed by atoms with Crippen LogP contribution in [0.2, 0.25) is 0 Å². The molecule has 1 heteroatoms. The summed E-state index contributed by atoms with van der Waals surface area (Å²) in [5.74, 6) is 0.562. The van der Waals surface area contributed by atoms with Crippen LogP contribution in [0, 0.1) is 5.92 Å². The lowest BCUT2D eigenvalue weighted by atomic mass is 9.90. The molecule has 10 heavy (non-hydrogen) atoms. The average molecular weight is 138 g/mol. The Kier molecular flexibility index (Phi) is 1.19. The highest BCUT2D eigenvalue weighted by Gasteiger charge is 2.44. The van der Waals surface area contributed by atoms with Crippen molar-refractivity contribution >= 4 is 0 Å². The Hall–Kier alpha value is -0.300. The van der Waals surface area contributed by atoms with Crippen LogP contribution in [-0.4, -0.2) is 10.7 Å². The summed E-state index contributed by atoms with van der Waals surface area (Å²) < 4.78 is 0. The number of rotatable bonds is 0. The zero-order valence-corrected chi connectivity index (χ0v) is 6.43. The van der Waals surface area contributed by atoms with Gasteiger partial charge in [-0.15, -0.1) is 0 Å². The molecule has 0 aromatic heterocycles. The van der Waals surface area contributed by atoms with E-state index < -0.39 is 0 Å². The van der Waals surface area contributed by atoms with Crippen molar-refractivity contribution in [1.82, 2.24) is 0 Å². The number of allylic oxidation sites excluding steroid dienone is 1. The SMILES string of the molecule is CC1=CC[C@@H]2CCC[C@]12O. The second-order valence-corrected chi connectivity index (χ2v) is 3.64. The Morgan fingerprint density at radius 3 is 3.20 bits per heavy atom. The number of hydrogen-bond donors (Lipinski definition) is 1. The third-order valence-corrected chi connectivity index (χ3v) is 3.18. The van der Waals surface area contributed by atoms with Crippen LogP contribution in [0.25, 0.3) is 0 Å². The minimum Gasteiger partial charge on any atom is -0.385 e. The van der Waals surface area contributed by atoms with Crippen molar-refractivity contribution < 1.29 is 5.11 Å². The van der Waals surface area contributed by atoms with E-state index in [2.05, 4.69) is 13.0 Å². The molecule has 1 nitrogen and oxygen atoms in total. The zero-order chi connectivity index (χ0) is 7.19. The number of hydrogen-bond acceptors (Lipinski definition) is 1. The van der Waals surface area contributed by atoms with Crippen LogP contribution in [0.15, 0.2) is 11.6 Å². The van der Waals surface area contributed by atoms with Gasteiger partial charge in [0.25, 0.3) is 0 Å². The van der Waals surface area contributed by atoms with Crippen LogP contribution >= 0.6 is 0 Å². The fourth-order valence-electron chi connectivity index (χ4n) is 2.39. The van der Waals surface area contributed by atoms with Crippen LogP contribution < -0.4 is 0 Å². The lowest BCUT2D eigenvalue weighted by Crippen LogP contribution is -2.29. The van der Waals surface area contributed by atoms with Gasteiger partial charge in [0.05, 0.1) is 5.60 Å². The minimum absolute atomic E-state index is 0.375. The lowest BCUT2D eigenvalue weighted by molar-refractivity contribution is 0.0514. The second-order valence-electron chi connectivity index (χ2n) is 3.64. The average Bonchev–Trinajstić information content (AvgIpc) is 2.36. The first-order valence-corrected chi connectivity index (χ1v) is 4.13. The summed E-state index contributed by atoms with van der Waals surface area (Å²) in [5.41, 5.74) is 0.843. The van der Waals surface area contributed by atoms with Crippen molar-refractivity contribution in [2.45, 2.75) is 38.2 Å². The van der Waals surface area contributed by atoms with E-state index >= 15 is 0 Å². The molecule has 0 radical (unpaired) electrons. The van der Waals surface area contributed by atoms with Gasteiger partial charge in [-0.2, -0.15) is 0 Å². The molecule has 0 spiro atoms. The molecule has 0 aliphatic heterocycles. The van der Waals surface area contributed by atoms with Crippen LogP contribution in [0.3, 0.4) is 0 Å². The largest absolute Gasteiger partial charge is 0.385 e. The van der Waals surface area contributed by atoms with Crippen molar-refractivity contribution in [3.63, 3.8) is 0 Å². The summed E-state index contributed by atoms with van der Waals surface area (Å²) in [6, 6.07) is 0. The minimum atomic E-state index is -0.375. The molecule has 0 bridgehead atoms. The maximum absolute atomic E-state index is 10.0. The van der Waals surface area contributed by atoms with E-state index in [1.165, 1.54) is 18.4 Å². The molecule has 1 fully saturated rings. The van der Waals surface area contributed by atoms with E-state index in [9.17, 15) is 5.11 Å². The first-order chi connectivity index (χ1) is 4.73. The van der Waals surface area contributed by atoms with Crippen LogP contribution in [0.1, 0.15) is 32.6 Å². The van der Waals surface area contributed by atoms with Gasteiger partial charge in [0, 0.05) is 0 Å². The van der Waals surface area contributed by atoms with Gasteiger partial charge >= 0.3 is 0 Å². The van der Waals surface area contributed by atoms with E-state index in [1.54, 1.807) is 0 Å². The topological polar surface area (TPSA) is 20.2 Å². The molecule has 2 atom stereocenters. The summed E-state index contributed by atoms with van der Waals surface area (Å²) in [5, 5.41) is 10.0. The molecule has 0 amide bonds. The summed E-state index contributed by atoms with van der Waals surface area (Å²) in [6.45, 7) is 2.06. The predicted molar refractivity (Wildman–Crippen MR) is 40.7 cm³/mol. The van der Waals surface area contributed by atoms with Gasteiger partial charge in [-0.25, -0.2) is 0 Å². The molecule has 2 aliphatic rings. The van der Waals surface area contributed by atoms with Crippen LogP contribution in [0.5, 0.6) is 0 Å². The van der Waals surface area contributed by atoms with Gasteiger partial charge in [-0.1, -0.05) is 6.08 Å². The Bertz CT molecular complexity index is 183. The summed E-state index contributed by atoms with van der Waals surface area (Å²) >= 11 is 0. The molecule has 1 saturated carbocycles.